The summed E-state index contributed by atoms with van der Waals surface area (Å²) in [5.74, 6) is -1.07. The standard InChI is InChI=1S/C30H31BrClFN2O2/c31-23-12-7-11-22(17-23)20-35(29(36)19-25-26(32)15-8-16-27(25)33)28(18-21-9-3-1-4-10-21)30(37)34-24-13-5-2-6-14-24/h1,3-4,7-12,15-17,24,28H,2,5-6,13-14,18-20H2,(H,34,37)/t28-/m1/s1. The molecule has 4 nitrogen and oxygen atoms in total. The average Bonchev–Trinajstić information content (AvgIpc) is 2.89. The van der Waals surface area contributed by atoms with E-state index in [0.717, 1.165) is 41.3 Å². The smallest absolute Gasteiger partial charge is 0.243 e. The lowest BCUT2D eigenvalue weighted by Gasteiger charge is -2.33. The summed E-state index contributed by atoms with van der Waals surface area (Å²) in [6.07, 6.45) is 5.34. The Balaban J connectivity index is 1.68. The second-order valence-electron chi connectivity index (χ2n) is 9.58. The van der Waals surface area contributed by atoms with Gasteiger partial charge in [-0.1, -0.05) is 95.3 Å². The van der Waals surface area contributed by atoms with Crippen molar-refractivity contribution in [3.05, 3.63) is 105 Å². The van der Waals surface area contributed by atoms with E-state index in [-0.39, 0.29) is 41.4 Å². The van der Waals surface area contributed by atoms with Crippen LogP contribution in [-0.4, -0.2) is 28.8 Å². The fraction of sp³-hybridized carbons (Fsp3) is 0.333. The SMILES string of the molecule is O=C(NC1CCCCC1)[C@@H](Cc1ccccc1)N(Cc1cccc(Br)c1)C(=O)Cc1c(F)cccc1Cl. The average molecular weight is 586 g/mol. The van der Waals surface area contributed by atoms with Crippen molar-refractivity contribution in [1.29, 1.82) is 0 Å². The van der Waals surface area contributed by atoms with Gasteiger partial charge in [-0.15, -0.1) is 0 Å². The van der Waals surface area contributed by atoms with Gasteiger partial charge in [-0.05, 0) is 48.2 Å². The van der Waals surface area contributed by atoms with Gasteiger partial charge in [0.1, 0.15) is 11.9 Å². The molecular weight excluding hydrogens is 555 g/mol. The van der Waals surface area contributed by atoms with Gasteiger partial charge in [0.15, 0.2) is 0 Å². The number of carbonyl (C=O) groups excluding carboxylic acids is 2. The number of hydrogen-bond donors (Lipinski definition) is 1. The highest BCUT2D eigenvalue weighted by Crippen LogP contribution is 2.24. The molecule has 1 aliphatic carbocycles. The van der Waals surface area contributed by atoms with Crippen molar-refractivity contribution < 1.29 is 14.0 Å². The fourth-order valence-corrected chi connectivity index (χ4v) is 5.56. The molecule has 0 bridgehead atoms. The zero-order valence-electron chi connectivity index (χ0n) is 20.6. The first-order valence-corrected chi connectivity index (χ1v) is 13.9. The molecule has 1 aliphatic rings. The molecule has 1 atom stereocenters. The summed E-state index contributed by atoms with van der Waals surface area (Å²) in [7, 11) is 0. The van der Waals surface area contributed by atoms with Crippen LogP contribution < -0.4 is 5.32 Å². The van der Waals surface area contributed by atoms with Gasteiger partial charge in [0.25, 0.3) is 0 Å². The van der Waals surface area contributed by atoms with E-state index in [1.54, 1.807) is 11.0 Å². The number of rotatable bonds is 9. The van der Waals surface area contributed by atoms with Crippen molar-refractivity contribution in [3.63, 3.8) is 0 Å². The number of nitrogens with one attached hydrogen (secondary N) is 1. The second kappa shape index (κ2) is 13.2. The van der Waals surface area contributed by atoms with Crippen LogP contribution >= 0.6 is 27.5 Å². The zero-order chi connectivity index (χ0) is 26.2. The van der Waals surface area contributed by atoms with E-state index in [1.807, 2.05) is 54.6 Å². The third kappa shape index (κ3) is 7.65. The van der Waals surface area contributed by atoms with Crippen molar-refractivity contribution in [2.75, 3.05) is 0 Å². The summed E-state index contributed by atoms with van der Waals surface area (Å²) in [5.41, 5.74) is 1.95. The minimum absolute atomic E-state index is 0.100. The van der Waals surface area contributed by atoms with Crippen LogP contribution in [-0.2, 0) is 29.0 Å². The zero-order valence-corrected chi connectivity index (χ0v) is 23.0. The maximum Gasteiger partial charge on any atom is 0.243 e. The maximum absolute atomic E-state index is 14.6. The Labute approximate surface area is 231 Å². The number of benzene rings is 3. The van der Waals surface area contributed by atoms with Crippen molar-refractivity contribution >= 4 is 39.3 Å². The van der Waals surface area contributed by atoms with Crippen LogP contribution in [0.5, 0.6) is 0 Å². The molecule has 1 N–H and O–H groups in total. The molecule has 3 aromatic rings. The molecule has 1 fully saturated rings. The molecule has 0 aromatic heterocycles. The highest BCUT2D eigenvalue weighted by atomic mass is 79.9. The van der Waals surface area contributed by atoms with Gasteiger partial charge >= 0.3 is 0 Å². The lowest BCUT2D eigenvalue weighted by Crippen LogP contribution is -2.53. The molecule has 0 saturated heterocycles. The highest BCUT2D eigenvalue weighted by Gasteiger charge is 2.32. The van der Waals surface area contributed by atoms with E-state index in [2.05, 4.69) is 21.2 Å². The highest BCUT2D eigenvalue weighted by molar-refractivity contribution is 9.10. The van der Waals surface area contributed by atoms with Gasteiger partial charge in [-0.2, -0.15) is 0 Å². The number of carbonyl (C=O) groups is 2. The van der Waals surface area contributed by atoms with Gasteiger partial charge in [0.05, 0.1) is 6.42 Å². The van der Waals surface area contributed by atoms with Crippen LogP contribution in [0.1, 0.15) is 48.8 Å². The van der Waals surface area contributed by atoms with Crippen molar-refractivity contribution in [1.82, 2.24) is 10.2 Å². The second-order valence-corrected chi connectivity index (χ2v) is 10.9. The third-order valence-corrected chi connectivity index (χ3v) is 7.70. The predicted molar refractivity (Wildman–Crippen MR) is 149 cm³/mol. The molecule has 194 valence electrons. The van der Waals surface area contributed by atoms with Crippen LogP contribution in [0.15, 0.2) is 77.3 Å². The lowest BCUT2D eigenvalue weighted by atomic mass is 9.94. The Hall–Kier alpha value is -2.70. The molecule has 2 amide bonds. The number of hydrogen-bond acceptors (Lipinski definition) is 2. The van der Waals surface area contributed by atoms with Crippen LogP contribution in [0.25, 0.3) is 0 Å². The van der Waals surface area contributed by atoms with Crippen LogP contribution in [0, 0.1) is 5.82 Å². The van der Waals surface area contributed by atoms with E-state index in [9.17, 15) is 14.0 Å². The molecule has 37 heavy (non-hydrogen) atoms. The molecule has 3 aromatic carbocycles. The molecule has 7 heteroatoms. The minimum atomic E-state index is -0.763. The Morgan fingerprint density at radius 2 is 1.68 bits per heavy atom. The molecule has 1 saturated carbocycles. The monoisotopic (exact) mass is 584 g/mol. The first-order chi connectivity index (χ1) is 17.9. The largest absolute Gasteiger partial charge is 0.352 e. The van der Waals surface area contributed by atoms with Gasteiger partial charge in [0, 0.05) is 34.1 Å². The van der Waals surface area contributed by atoms with E-state index < -0.39 is 11.9 Å². The molecule has 0 spiro atoms. The van der Waals surface area contributed by atoms with Crippen molar-refractivity contribution in [2.24, 2.45) is 0 Å². The van der Waals surface area contributed by atoms with Crippen LogP contribution in [0.2, 0.25) is 5.02 Å². The molecule has 4 rings (SSSR count). The third-order valence-electron chi connectivity index (χ3n) is 6.85. The summed E-state index contributed by atoms with van der Waals surface area (Å²) >= 11 is 9.76. The topological polar surface area (TPSA) is 49.4 Å². The summed E-state index contributed by atoms with van der Waals surface area (Å²) in [4.78, 5) is 29.2. The lowest BCUT2D eigenvalue weighted by molar-refractivity contribution is -0.141. The molecule has 0 unspecified atom stereocenters. The van der Waals surface area contributed by atoms with Gasteiger partial charge in [0.2, 0.25) is 11.8 Å². The number of amides is 2. The summed E-state index contributed by atoms with van der Waals surface area (Å²) in [5, 5.41) is 3.41. The van der Waals surface area contributed by atoms with Crippen LogP contribution in [0.3, 0.4) is 0 Å². The first-order valence-electron chi connectivity index (χ1n) is 12.7. The normalized spacial score (nSPS) is 14.7. The van der Waals surface area contributed by atoms with E-state index in [0.29, 0.717) is 6.42 Å². The van der Waals surface area contributed by atoms with Crippen molar-refractivity contribution in [3.8, 4) is 0 Å². The van der Waals surface area contributed by atoms with Crippen LogP contribution in [0.4, 0.5) is 4.39 Å². The summed E-state index contributed by atoms with van der Waals surface area (Å²) < 4.78 is 15.5. The fourth-order valence-electron chi connectivity index (χ4n) is 4.88. The Bertz CT molecular complexity index is 1200. The van der Waals surface area contributed by atoms with Gasteiger partial charge in [-0.25, -0.2) is 4.39 Å². The summed E-state index contributed by atoms with van der Waals surface area (Å²) in [6.45, 7) is 0.208. The Kier molecular flexibility index (Phi) is 9.75. The maximum atomic E-state index is 14.6. The Morgan fingerprint density at radius 1 is 0.973 bits per heavy atom. The predicted octanol–water partition coefficient (Wildman–Crippen LogP) is 6.87. The minimum Gasteiger partial charge on any atom is -0.352 e. The van der Waals surface area contributed by atoms with Crippen molar-refractivity contribution in [2.45, 2.75) is 63.6 Å². The first kappa shape index (κ1) is 27.3. The molecule has 0 aliphatic heterocycles. The van der Waals surface area contributed by atoms with Gasteiger partial charge in [-0.3, -0.25) is 9.59 Å². The molecule has 0 radical (unpaired) electrons. The van der Waals surface area contributed by atoms with E-state index in [1.165, 1.54) is 18.6 Å². The quantitative estimate of drug-likeness (QED) is 0.298. The molecular formula is C30H31BrClFN2O2. The number of nitrogens with zero attached hydrogens (tertiary/aromatic N) is 1. The Morgan fingerprint density at radius 3 is 2.38 bits per heavy atom. The van der Waals surface area contributed by atoms with E-state index in [4.69, 9.17) is 11.6 Å². The van der Waals surface area contributed by atoms with E-state index >= 15 is 0 Å². The summed E-state index contributed by atoms with van der Waals surface area (Å²) in [6, 6.07) is 21.0. The van der Waals surface area contributed by atoms with Gasteiger partial charge < -0.3 is 10.2 Å². The number of halogens is 3. The molecule has 0 heterocycles.